The first-order valence-electron chi connectivity index (χ1n) is 8.74. The lowest BCUT2D eigenvalue weighted by molar-refractivity contribution is -0.145. The van der Waals surface area contributed by atoms with Crippen LogP contribution in [0.25, 0.3) is 0 Å². The van der Waals surface area contributed by atoms with Gasteiger partial charge in [0.05, 0.1) is 6.61 Å². The smallest absolute Gasteiger partial charge is 0.339 e. The predicted molar refractivity (Wildman–Crippen MR) is 93.6 cm³/mol. The summed E-state index contributed by atoms with van der Waals surface area (Å²) in [6.45, 7) is 2.64. The fraction of sp³-hybridized carbons (Fsp3) is 0.381. The van der Waals surface area contributed by atoms with Crippen LogP contribution in [-0.2, 0) is 19.9 Å². The maximum absolute atomic E-state index is 12.5. The normalized spacial score (nSPS) is 18.1. The Morgan fingerprint density at radius 3 is 2.08 bits per heavy atom. The molecule has 1 saturated heterocycles. The molecule has 1 heterocycles. The van der Waals surface area contributed by atoms with Gasteiger partial charge in [-0.05, 0) is 17.5 Å². The van der Waals surface area contributed by atoms with Gasteiger partial charge < -0.3 is 9.47 Å². The molecule has 24 heavy (non-hydrogen) atoms. The van der Waals surface area contributed by atoms with Crippen LogP contribution in [0.4, 0.5) is 0 Å². The van der Waals surface area contributed by atoms with E-state index in [1.807, 2.05) is 60.7 Å². The third kappa shape index (κ3) is 3.36. The van der Waals surface area contributed by atoms with Gasteiger partial charge in [-0.1, -0.05) is 86.8 Å². The van der Waals surface area contributed by atoms with E-state index in [1.165, 1.54) is 12.8 Å². The Kier molecular flexibility index (Phi) is 5.31. The molecule has 0 aliphatic carbocycles. The molecule has 3 rings (SSSR count). The van der Waals surface area contributed by atoms with Crippen molar-refractivity contribution in [1.82, 2.24) is 0 Å². The van der Waals surface area contributed by atoms with Crippen LogP contribution in [0.5, 0.6) is 0 Å². The molecule has 3 nitrogen and oxygen atoms in total. The Hall–Kier alpha value is -2.13. The zero-order valence-corrected chi connectivity index (χ0v) is 14.1. The first-order valence-corrected chi connectivity index (χ1v) is 8.74. The number of epoxide rings is 1. The van der Waals surface area contributed by atoms with Gasteiger partial charge in [0, 0.05) is 0 Å². The van der Waals surface area contributed by atoms with Gasteiger partial charge >= 0.3 is 5.97 Å². The lowest BCUT2D eigenvalue weighted by atomic mass is 9.88. The van der Waals surface area contributed by atoms with E-state index in [1.54, 1.807) is 0 Å². The van der Waals surface area contributed by atoms with Gasteiger partial charge in [-0.25, -0.2) is 4.79 Å². The second-order valence-electron chi connectivity index (χ2n) is 6.19. The zero-order valence-electron chi connectivity index (χ0n) is 14.1. The van der Waals surface area contributed by atoms with Gasteiger partial charge in [-0.3, -0.25) is 0 Å². The lowest BCUT2D eigenvalue weighted by Crippen LogP contribution is -2.22. The van der Waals surface area contributed by atoms with E-state index in [9.17, 15) is 4.79 Å². The van der Waals surface area contributed by atoms with Crippen LogP contribution in [0.3, 0.4) is 0 Å². The van der Waals surface area contributed by atoms with Gasteiger partial charge in [0.25, 0.3) is 0 Å². The first kappa shape index (κ1) is 16.7. The van der Waals surface area contributed by atoms with E-state index in [0.29, 0.717) is 6.61 Å². The van der Waals surface area contributed by atoms with Crippen molar-refractivity contribution in [3.05, 3.63) is 71.8 Å². The van der Waals surface area contributed by atoms with E-state index in [0.717, 1.165) is 24.0 Å². The maximum Gasteiger partial charge on any atom is 0.339 e. The molecule has 1 unspecified atom stereocenters. The SMILES string of the molecule is CCCCCCOC(=O)C1OC1(c1ccccc1)c1ccccc1. The summed E-state index contributed by atoms with van der Waals surface area (Å²) in [7, 11) is 0. The number of ether oxygens (including phenoxy) is 2. The molecule has 0 N–H and O–H groups in total. The number of rotatable bonds is 8. The van der Waals surface area contributed by atoms with Crippen molar-refractivity contribution in [1.29, 1.82) is 0 Å². The predicted octanol–water partition coefficient (Wildman–Crippen LogP) is 4.45. The monoisotopic (exact) mass is 324 g/mol. The average molecular weight is 324 g/mol. The van der Waals surface area contributed by atoms with Gasteiger partial charge in [0.1, 0.15) is 0 Å². The van der Waals surface area contributed by atoms with Crippen LogP contribution in [0.15, 0.2) is 60.7 Å². The molecule has 0 radical (unpaired) electrons. The fourth-order valence-corrected chi connectivity index (χ4v) is 3.12. The van der Waals surface area contributed by atoms with Crippen molar-refractivity contribution in [3.8, 4) is 0 Å². The summed E-state index contributed by atoms with van der Waals surface area (Å²) in [6.07, 6.45) is 3.79. The number of unbranched alkanes of at least 4 members (excludes halogenated alkanes) is 3. The van der Waals surface area contributed by atoms with Crippen molar-refractivity contribution in [3.63, 3.8) is 0 Å². The molecule has 0 spiro atoms. The number of benzene rings is 2. The molecule has 3 heteroatoms. The number of hydrogen-bond acceptors (Lipinski definition) is 3. The standard InChI is InChI=1S/C21H24O3/c1-2-3-4-11-16-23-20(22)19-21(24-19,17-12-7-5-8-13-17)18-14-9-6-10-15-18/h5-10,12-15,19H,2-4,11,16H2,1H3. The van der Waals surface area contributed by atoms with E-state index < -0.39 is 11.7 Å². The first-order chi connectivity index (χ1) is 11.8. The minimum Gasteiger partial charge on any atom is -0.464 e. The molecule has 2 aromatic rings. The molecule has 0 amide bonds. The van der Waals surface area contributed by atoms with Gasteiger partial charge in [0.15, 0.2) is 11.7 Å². The summed E-state index contributed by atoms with van der Waals surface area (Å²) in [5.41, 5.74) is 1.27. The molecular formula is C21H24O3. The van der Waals surface area contributed by atoms with Crippen LogP contribution in [0.1, 0.15) is 43.7 Å². The topological polar surface area (TPSA) is 38.8 Å². The van der Waals surface area contributed by atoms with E-state index in [-0.39, 0.29) is 5.97 Å². The Morgan fingerprint density at radius 2 is 1.54 bits per heavy atom. The molecule has 0 bridgehead atoms. The Balaban J connectivity index is 1.72. The summed E-state index contributed by atoms with van der Waals surface area (Å²) in [6, 6.07) is 19.8. The number of carbonyl (C=O) groups is 1. The Morgan fingerprint density at radius 1 is 0.958 bits per heavy atom. The molecule has 126 valence electrons. The largest absolute Gasteiger partial charge is 0.464 e. The highest BCUT2D eigenvalue weighted by molar-refractivity contribution is 5.81. The van der Waals surface area contributed by atoms with Crippen molar-refractivity contribution < 1.29 is 14.3 Å². The minimum atomic E-state index is -0.705. The second-order valence-corrected chi connectivity index (χ2v) is 6.19. The minimum absolute atomic E-state index is 0.265. The summed E-state index contributed by atoms with van der Waals surface area (Å²) >= 11 is 0. The summed E-state index contributed by atoms with van der Waals surface area (Å²) in [5, 5.41) is 0. The molecule has 0 aromatic heterocycles. The summed E-state index contributed by atoms with van der Waals surface area (Å²) < 4.78 is 11.4. The van der Waals surface area contributed by atoms with Crippen LogP contribution in [0, 0.1) is 0 Å². The average Bonchev–Trinajstić information content (AvgIpc) is 3.40. The van der Waals surface area contributed by atoms with Gasteiger partial charge in [-0.15, -0.1) is 0 Å². The van der Waals surface area contributed by atoms with E-state index >= 15 is 0 Å². The van der Waals surface area contributed by atoms with Crippen LogP contribution in [0.2, 0.25) is 0 Å². The van der Waals surface area contributed by atoms with Crippen LogP contribution < -0.4 is 0 Å². The summed E-state index contributed by atoms with van der Waals surface area (Å²) in [5.74, 6) is -0.265. The van der Waals surface area contributed by atoms with Crippen molar-refractivity contribution in [2.45, 2.75) is 44.3 Å². The third-order valence-corrected chi connectivity index (χ3v) is 4.48. The van der Waals surface area contributed by atoms with Gasteiger partial charge in [-0.2, -0.15) is 0 Å². The highest BCUT2D eigenvalue weighted by atomic mass is 16.7. The van der Waals surface area contributed by atoms with Crippen molar-refractivity contribution in [2.75, 3.05) is 6.61 Å². The fourth-order valence-electron chi connectivity index (χ4n) is 3.12. The van der Waals surface area contributed by atoms with Crippen LogP contribution in [-0.4, -0.2) is 18.7 Å². The van der Waals surface area contributed by atoms with E-state index in [2.05, 4.69) is 6.92 Å². The highest BCUT2D eigenvalue weighted by Crippen LogP contribution is 2.52. The highest BCUT2D eigenvalue weighted by Gasteiger charge is 2.64. The number of carbonyl (C=O) groups excluding carboxylic acids is 1. The zero-order chi connectivity index (χ0) is 16.8. The number of esters is 1. The molecule has 1 aliphatic heterocycles. The Labute approximate surface area is 143 Å². The third-order valence-electron chi connectivity index (χ3n) is 4.48. The van der Waals surface area contributed by atoms with Crippen molar-refractivity contribution >= 4 is 5.97 Å². The quantitative estimate of drug-likeness (QED) is 0.409. The maximum atomic E-state index is 12.5. The second kappa shape index (κ2) is 7.63. The molecular weight excluding hydrogens is 300 g/mol. The molecule has 2 aromatic carbocycles. The molecule has 1 aliphatic rings. The van der Waals surface area contributed by atoms with Gasteiger partial charge in [0.2, 0.25) is 0 Å². The van der Waals surface area contributed by atoms with E-state index in [4.69, 9.17) is 9.47 Å². The van der Waals surface area contributed by atoms with Crippen LogP contribution >= 0.6 is 0 Å². The molecule has 0 saturated carbocycles. The lowest BCUT2D eigenvalue weighted by Gasteiger charge is -2.14. The molecule has 1 atom stereocenters. The number of hydrogen-bond donors (Lipinski definition) is 0. The Bertz CT molecular complexity index is 612. The van der Waals surface area contributed by atoms with Crippen molar-refractivity contribution in [2.24, 2.45) is 0 Å². The molecule has 1 fully saturated rings. The summed E-state index contributed by atoms with van der Waals surface area (Å²) in [4.78, 5) is 12.5.